The van der Waals surface area contributed by atoms with E-state index in [9.17, 15) is 9.90 Å². The second-order valence-electron chi connectivity index (χ2n) is 4.89. The molecule has 0 aliphatic carbocycles. The van der Waals surface area contributed by atoms with Crippen molar-refractivity contribution in [1.82, 2.24) is 5.32 Å². The van der Waals surface area contributed by atoms with Gasteiger partial charge in [0.1, 0.15) is 0 Å². The third-order valence-electron chi connectivity index (χ3n) is 3.36. The van der Waals surface area contributed by atoms with Crippen LogP contribution < -0.4 is 5.32 Å². The molecule has 2 aromatic carbocycles. The summed E-state index contributed by atoms with van der Waals surface area (Å²) in [4.78, 5) is 12.4. The number of nitrogens with one attached hydrogen (secondary N) is 1. The molecule has 21 heavy (non-hydrogen) atoms. The highest BCUT2D eigenvalue weighted by atomic mass is 16.3. The van der Waals surface area contributed by atoms with E-state index in [4.69, 9.17) is 0 Å². The summed E-state index contributed by atoms with van der Waals surface area (Å²) in [5.74, 6) is -0.419. The molecule has 0 aliphatic rings. The molecular weight excluding hydrogens is 262 g/mol. The van der Waals surface area contributed by atoms with Crippen LogP contribution in [-0.4, -0.2) is 11.0 Å². The summed E-state index contributed by atoms with van der Waals surface area (Å²) in [6, 6.07) is 18.5. The first kappa shape index (κ1) is 15.0. The molecule has 0 spiro atoms. The van der Waals surface area contributed by atoms with Gasteiger partial charge in [-0.1, -0.05) is 66.7 Å². The fraction of sp³-hybridized carbons (Fsp3) is 0.167. The van der Waals surface area contributed by atoms with E-state index in [1.54, 1.807) is 30.3 Å². The minimum atomic E-state index is -1.59. The standard InChI is InChI=1S/C18H19NO2/c1-2-13-18(21,16-11-7-4-8-12-16)17(20)19-14-15-9-5-3-6-10-15/h2-12,21H,1,13-14H2,(H,19,20). The highest BCUT2D eigenvalue weighted by Crippen LogP contribution is 2.25. The van der Waals surface area contributed by atoms with E-state index in [-0.39, 0.29) is 6.42 Å². The summed E-state index contributed by atoms with van der Waals surface area (Å²) < 4.78 is 0. The molecule has 1 unspecified atom stereocenters. The molecule has 2 aromatic rings. The molecule has 0 bridgehead atoms. The number of amides is 1. The van der Waals surface area contributed by atoms with Crippen molar-refractivity contribution in [1.29, 1.82) is 0 Å². The van der Waals surface area contributed by atoms with Gasteiger partial charge in [-0.15, -0.1) is 6.58 Å². The normalized spacial score (nSPS) is 13.2. The molecule has 2 rings (SSSR count). The Morgan fingerprint density at radius 3 is 2.24 bits per heavy atom. The maximum absolute atomic E-state index is 12.4. The lowest BCUT2D eigenvalue weighted by Gasteiger charge is -2.26. The van der Waals surface area contributed by atoms with Crippen molar-refractivity contribution < 1.29 is 9.90 Å². The van der Waals surface area contributed by atoms with Gasteiger partial charge < -0.3 is 10.4 Å². The molecule has 1 amide bonds. The van der Waals surface area contributed by atoms with Crippen molar-refractivity contribution in [2.75, 3.05) is 0 Å². The monoisotopic (exact) mass is 281 g/mol. The van der Waals surface area contributed by atoms with Crippen LogP contribution in [0.2, 0.25) is 0 Å². The summed E-state index contributed by atoms with van der Waals surface area (Å²) in [7, 11) is 0. The van der Waals surface area contributed by atoms with Crippen LogP contribution in [0.4, 0.5) is 0 Å². The molecule has 0 aliphatic heterocycles. The van der Waals surface area contributed by atoms with E-state index in [0.29, 0.717) is 12.1 Å². The highest BCUT2D eigenvalue weighted by Gasteiger charge is 2.36. The molecule has 0 saturated heterocycles. The fourth-order valence-electron chi connectivity index (χ4n) is 2.19. The number of hydrogen-bond donors (Lipinski definition) is 2. The molecule has 3 heteroatoms. The van der Waals surface area contributed by atoms with Crippen LogP contribution in [0, 0.1) is 0 Å². The molecule has 3 nitrogen and oxygen atoms in total. The first-order valence-electron chi connectivity index (χ1n) is 6.88. The largest absolute Gasteiger partial charge is 0.375 e. The van der Waals surface area contributed by atoms with E-state index >= 15 is 0 Å². The molecule has 0 heterocycles. The zero-order chi connectivity index (χ0) is 15.1. The first-order chi connectivity index (χ1) is 10.2. The Hall–Kier alpha value is -2.39. The average Bonchev–Trinajstić information content (AvgIpc) is 2.54. The summed E-state index contributed by atoms with van der Waals surface area (Å²) >= 11 is 0. The maximum Gasteiger partial charge on any atom is 0.257 e. The van der Waals surface area contributed by atoms with Gasteiger partial charge in [0, 0.05) is 13.0 Å². The van der Waals surface area contributed by atoms with Gasteiger partial charge in [0.2, 0.25) is 0 Å². The Kier molecular flexibility index (Phi) is 4.90. The van der Waals surface area contributed by atoms with Crippen molar-refractivity contribution >= 4 is 5.91 Å². The molecule has 0 fully saturated rings. The lowest BCUT2D eigenvalue weighted by molar-refractivity contribution is -0.140. The van der Waals surface area contributed by atoms with Gasteiger partial charge in [-0.05, 0) is 11.1 Å². The third kappa shape index (κ3) is 3.58. The van der Waals surface area contributed by atoms with Crippen LogP contribution in [0.1, 0.15) is 17.5 Å². The van der Waals surface area contributed by atoms with Crippen LogP contribution in [0.15, 0.2) is 73.3 Å². The molecule has 0 aromatic heterocycles. The molecule has 0 radical (unpaired) electrons. The fourth-order valence-corrected chi connectivity index (χ4v) is 2.19. The minimum absolute atomic E-state index is 0.164. The Morgan fingerprint density at radius 1 is 1.10 bits per heavy atom. The predicted octanol–water partition coefficient (Wildman–Crippen LogP) is 2.77. The van der Waals surface area contributed by atoms with Gasteiger partial charge in [-0.3, -0.25) is 4.79 Å². The number of aliphatic hydroxyl groups is 1. The lowest BCUT2D eigenvalue weighted by atomic mass is 9.89. The number of hydrogen-bond acceptors (Lipinski definition) is 2. The molecule has 2 N–H and O–H groups in total. The average molecular weight is 281 g/mol. The molecule has 0 saturated carbocycles. The van der Waals surface area contributed by atoms with Crippen LogP contribution >= 0.6 is 0 Å². The second-order valence-corrected chi connectivity index (χ2v) is 4.89. The maximum atomic E-state index is 12.4. The summed E-state index contributed by atoms with van der Waals surface area (Å²) in [5.41, 5.74) is -0.0343. The minimum Gasteiger partial charge on any atom is -0.375 e. The van der Waals surface area contributed by atoms with E-state index in [1.165, 1.54) is 0 Å². The van der Waals surface area contributed by atoms with Crippen molar-refractivity contribution in [2.45, 2.75) is 18.6 Å². The van der Waals surface area contributed by atoms with Crippen molar-refractivity contribution in [3.63, 3.8) is 0 Å². The first-order valence-corrected chi connectivity index (χ1v) is 6.88. The zero-order valence-electron chi connectivity index (χ0n) is 11.8. The Bertz CT molecular complexity index is 595. The topological polar surface area (TPSA) is 49.3 Å². The SMILES string of the molecule is C=CCC(O)(C(=O)NCc1ccccc1)c1ccccc1. The highest BCUT2D eigenvalue weighted by molar-refractivity contribution is 5.86. The number of rotatable bonds is 6. The molecular formula is C18H19NO2. The van der Waals surface area contributed by atoms with Gasteiger partial charge >= 0.3 is 0 Å². The van der Waals surface area contributed by atoms with Gasteiger partial charge in [0.25, 0.3) is 5.91 Å². The summed E-state index contributed by atoms with van der Waals surface area (Å²) in [6.07, 6.45) is 1.72. The lowest BCUT2D eigenvalue weighted by Crippen LogP contribution is -2.43. The second kappa shape index (κ2) is 6.86. The molecule has 1 atom stereocenters. The van der Waals surface area contributed by atoms with Crippen molar-refractivity contribution in [2.24, 2.45) is 0 Å². The smallest absolute Gasteiger partial charge is 0.257 e. The van der Waals surface area contributed by atoms with Crippen LogP contribution in [0.5, 0.6) is 0 Å². The Labute approximate surface area is 124 Å². The van der Waals surface area contributed by atoms with Gasteiger partial charge in [-0.2, -0.15) is 0 Å². The number of carbonyl (C=O) groups is 1. The quantitative estimate of drug-likeness (QED) is 0.800. The van der Waals surface area contributed by atoms with Crippen molar-refractivity contribution in [3.8, 4) is 0 Å². The Balaban J connectivity index is 2.14. The number of benzene rings is 2. The van der Waals surface area contributed by atoms with E-state index in [1.807, 2.05) is 36.4 Å². The predicted molar refractivity (Wildman–Crippen MR) is 83.4 cm³/mol. The van der Waals surface area contributed by atoms with E-state index in [2.05, 4.69) is 11.9 Å². The number of carbonyl (C=O) groups excluding carboxylic acids is 1. The van der Waals surface area contributed by atoms with Crippen LogP contribution in [0.25, 0.3) is 0 Å². The van der Waals surface area contributed by atoms with E-state index in [0.717, 1.165) is 5.56 Å². The summed E-state index contributed by atoms with van der Waals surface area (Å²) in [6.45, 7) is 4.01. The Morgan fingerprint density at radius 2 is 1.67 bits per heavy atom. The van der Waals surface area contributed by atoms with Crippen LogP contribution in [-0.2, 0) is 16.9 Å². The van der Waals surface area contributed by atoms with Gasteiger partial charge in [0.05, 0.1) is 0 Å². The van der Waals surface area contributed by atoms with Crippen molar-refractivity contribution in [3.05, 3.63) is 84.4 Å². The van der Waals surface area contributed by atoms with Crippen LogP contribution in [0.3, 0.4) is 0 Å². The van der Waals surface area contributed by atoms with Gasteiger partial charge in [-0.25, -0.2) is 0 Å². The molecule has 108 valence electrons. The zero-order valence-corrected chi connectivity index (χ0v) is 11.8. The van der Waals surface area contributed by atoms with Gasteiger partial charge in [0.15, 0.2) is 5.60 Å². The van der Waals surface area contributed by atoms with E-state index < -0.39 is 11.5 Å². The third-order valence-corrected chi connectivity index (χ3v) is 3.36. The summed E-state index contributed by atoms with van der Waals surface area (Å²) in [5, 5.41) is 13.5.